The Morgan fingerprint density at radius 2 is 1.68 bits per heavy atom. The fourth-order valence-corrected chi connectivity index (χ4v) is 3.51. The summed E-state index contributed by atoms with van der Waals surface area (Å²) in [5, 5.41) is 14.4. The van der Waals surface area contributed by atoms with Crippen LogP contribution in [0.4, 0.5) is 11.4 Å². The lowest BCUT2D eigenvalue weighted by Gasteiger charge is -2.10. The summed E-state index contributed by atoms with van der Waals surface area (Å²) in [6, 6.07) is 21.5. The van der Waals surface area contributed by atoms with E-state index in [2.05, 4.69) is 25.6 Å². The highest BCUT2D eigenvalue weighted by Crippen LogP contribution is 2.27. The van der Waals surface area contributed by atoms with Crippen LogP contribution in [0.25, 0.3) is 22.0 Å². The van der Waals surface area contributed by atoms with Crippen molar-refractivity contribution in [3.05, 3.63) is 83.2 Å². The molecular weight excluding hydrogens is 432 g/mol. The first-order valence-electron chi connectivity index (χ1n) is 10.4. The van der Waals surface area contributed by atoms with Gasteiger partial charge in [0.25, 0.3) is 11.5 Å². The predicted molar refractivity (Wildman–Crippen MR) is 134 cm³/mol. The average Bonchev–Trinajstić information content (AvgIpc) is 2.86. The third-order valence-corrected chi connectivity index (χ3v) is 5.17. The number of amides is 1. The molecule has 4 aromatic rings. The first kappa shape index (κ1) is 22.4. The van der Waals surface area contributed by atoms with Crippen LogP contribution in [-0.2, 0) is 4.79 Å². The number of aromatic amines is 1. The van der Waals surface area contributed by atoms with Crippen LogP contribution >= 0.6 is 0 Å². The largest absolute Gasteiger partial charge is 0.494 e. The smallest absolute Gasteiger partial charge is 0.277 e. The molecule has 0 radical (unpaired) electrons. The summed E-state index contributed by atoms with van der Waals surface area (Å²) in [7, 11) is 1.55. The normalized spacial score (nSPS) is 11.9. The van der Waals surface area contributed by atoms with E-state index in [0.717, 1.165) is 10.9 Å². The Balaban J connectivity index is 1.55. The molecule has 1 heterocycles. The fourth-order valence-electron chi connectivity index (χ4n) is 3.51. The number of anilines is 1. The highest BCUT2D eigenvalue weighted by molar-refractivity contribution is 6.68. The molecule has 0 saturated carbocycles. The monoisotopic (exact) mass is 454 g/mol. The molecule has 9 heteroatoms. The Hall–Kier alpha value is -4.79. The lowest BCUT2D eigenvalue weighted by Crippen LogP contribution is -2.29. The first-order chi connectivity index (χ1) is 16.5. The molecule has 0 unspecified atom stereocenters. The van der Waals surface area contributed by atoms with Crippen molar-refractivity contribution >= 4 is 39.5 Å². The van der Waals surface area contributed by atoms with Crippen molar-refractivity contribution in [3.8, 4) is 17.0 Å². The minimum atomic E-state index is -0.501. The molecule has 0 spiro atoms. The van der Waals surface area contributed by atoms with Gasteiger partial charge in [0.2, 0.25) is 0 Å². The minimum absolute atomic E-state index is 0.0109. The lowest BCUT2D eigenvalue weighted by molar-refractivity contribution is -0.110. The Bertz CT molecular complexity index is 1470. The van der Waals surface area contributed by atoms with Crippen LogP contribution in [0.3, 0.4) is 0 Å². The summed E-state index contributed by atoms with van der Waals surface area (Å²) in [5.74, 6) is 5.56. The summed E-state index contributed by atoms with van der Waals surface area (Å²) >= 11 is 0. The second kappa shape index (κ2) is 9.78. The third kappa shape index (κ3) is 4.53. The molecule has 0 saturated heterocycles. The van der Waals surface area contributed by atoms with Gasteiger partial charge in [-0.05, 0) is 37.3 Å². The van der Waals surface area contributed by atoms with Gasteiger partial charge in [-0.3, -0.25) is 9.59 Å². The third-order valence-electron chi connectivity index (χ3n) is 5.17. The Labute approximate surface area is 195 Å². The summed E-state index contributed by atoms with van der Waals surface area (Å²) in [5.41, 5.74) is 2.59. The molecule has 0 aliphatic heterocycles. The zero-order valence-corrected chi connectivity index (χ0v) is 18.6. The Kier molecular flexibility index (Phi) is 6.45. The number of aliphatic imine (C=N–C) groups is 1. The second-order valence-corrected chi connectivity index (χ2v) is 7.33. The molecule has 0 bridgehead atoms. The molecule has 9 nitrogen and oxygen atoms in total. The number of carbonyl (C=O) groups is 1. The van der Waals surface area contributed by atoms with Crippen molar-refractivity contribution in [2.24, 2.45) is 15.9 Å². The van der Waals surface area contributed by atoms with Crippen LogP contribution in [0.15, 0.2) is 87.7 Å². The number of aromatic nitrogens is 2. The molecule has 0 aliphatic carbocycles. The zero-order chi connectivity index (χ0) is 24.1. The Morgan fingerprint density at radius 1 is 1.00 bits per heavy atom. The molecule has 4 N–H and O–H groups in total. The molecule has 170 valence electrons. The number of ether oxygens (including phenoxy) is 1. The van der Waals surface area contributed by atoms with E-state index in [1.807, 2.05) is 24.3 Å². The molecule has 1 aromatic heterocycles. The van der Waals surface area contributed by atoms with Gasteiger partial charge in [0.1, 0.15) is 11.4 Å². The van der Waals surface area contributed by atoms with Crippen molar-refractivity contribution in [1.82, 2.24) is 10.2 Å². The van der Waals surface area contributed by atoms with Gasteiger partial charge < -0.3 is 15.9 Å². The number of nitrogens with zero attached hydrogens (tertiary/aromatic N) is 3. The van der Waals surface area contributed by atoms with Gasteiger partial charge in [0, 0.05) is 16.6 Å². The molecule has 0 aliphatic rings. The van der Waals surface area contributed by atoms with Gasteiger partial charge >= 0.3 is 0 Å². The number of hydrogen-bond acceptors (Lipinski definition) is 7. The van der Waals surface area contributed by atoms with E-state index in [4.69, 9.17) is 10.6 Å². The highest BCUT2D eigenvalue weighted by atomic mass is 16.5. The number of methoxy groups -OCH3 is 1. The number of hydrazone groups is 1. The average molecular weight is 454 g/mol. The standard InChI is InChI=1S/C25H22N6O3/c1-15(27-20-9-5-6-10-21(20)34-2)22(29-26)25(33)28-17-13-11-16(12-14-17)23-18-7-3-4-8-19(18)24(32)31-30-23/h3-14H,26H2,1-2H3,(H,28,33)(H,31,32). The van der Waals surface area contributed by atoms with Gasteiger partial charge in [-0.2, -0.15) is 10.2 Å². The van der Waals surface area contributed by atoms with Crippen molar-refractivity contribution in [2.75, 3.05) is 12.4 Å². The topological polar surface area (TPSA) is 135 Å². The molecule has 0 atom stereocenters. The fraction of sp³-hybridized carbons (Fsp3) is 0.0800. The van der Waals surface area contributed by atoms with E-state index >= 15 is 0 Å². The predicted octanol–water partition coefficient (Wildman–Crippen LogP) is 3.64. The number of para-hydroxylation sites is 2. The molecular formula is C25H22N6O3. The number of H-pyrrole nitrogens is 1. The van der Waals surface area contributed by atoms with E-state index in [-0.39, 0.29) is 11.3 Å². The maximum Gasteiger partial charge on any atom is 0.277 e. The SMILES string of the molecule is COc1ccccc1N=C(C)C(=NN)C(=O)Nc1ccc(-c2n[nH]c(=O)c3ccccc23)cc1. The van der Waals surface area contributed by atoms with Crippen LogP contribution in [0.2, 0.25) is 0 Å². The van der Waals surface area contributed by atoms with Crippen LogP contribution < -0.4 is 21.5 Å². The van der Waals surface area contributed by atoms with E-state index in [1.165, 1.54) is 0 Å². The lowest BCUT2D eigenvalue weighted by atomic mass is 10.0. The van der Waals surface area contributed by atoms with Crippen LogP contribution in [0, 0.1) is 0 Å². The van der Waals surface area contributed by atoms with Crippen molar-refractivity contribution < 1.29 is 9.53 Å². The molecule has 0 fully saturated rings. The molecule has 1 amide bonds. The van der Waals surface area contributed by atoms with E-state index in [1.54, 1.807) is 62.6 Å². The summed E-state index contributed by atoms with van der Waals surface area (Å²) in [6.07, 6.45) is 0. The van der Waals surface area contributed by atoms with E-state index in [0.29, 0.717) is 33.9 Å². The van der Waals surface area contributed by atoms with Crippen LogP contribution in [0.5, 0.6) is 5.75 Å². The minimum Gasteiger partial charge on any atom is -0.494 e. The number of carbonyl (C=O) groups excluding carboxylic acids is 1. The number of fused-ring (bicyclic) bond motifs is 1. The van der Waals surface area contributed by atoms with Gasteiger partial charge in [-0.1, -0.05) is 42.5 Å². The Morgan fingerprint density at radius 3 is 2.38 bits per heavy atom. The quantitative estimate of drug-likeness (QED) is 0.232. The molecule has 3 aromatic carbocycles. The maximum atomic E-state index is 12.8. The van der Waals surface area contributed by atoms with Crippen molar-refractivity contribution in [2.45, 2.75) is 6.92 Å². The number of nitrogens with one attached hydrogen (secondary N) is 2. The van der Waals surface area contributed by atoms with Crippen LogP contribution in [-0.4, -0.2) is 34.6 Å². The number of hydrogen-bond donors (Lipinski definition) is 3. The second-order valence-electron chi connectivity index (χ2n) is 7.33. The highest BCUT2D eigenvalue weighted by Gasteiger charge is 2.16. The number of nitrogens with two attached hydrogens (primary N) is 1. The van der Waals surface area contributed by atoms with E-state index < -0.39 is 5.91 Å². The van der Waals surface area contributed by atoms with Crippen molar-refractivity contribution in [1.29, 1.82) is 0 Å². The summed E-state index contributed by atoms with van der Waals surface area (Å²) < 4.78 is 5.29. The molecule has 4 rings (SSSR count). The van der Waals surface area contributed by atoms with Gasteiger partial charge in [-0.25, -0.2) is 10.1 Å². The van der Waals surface area contributed by atoms with Crippen LogP contribution in [0.1, 0.15) is 6.92 Å². The van der Waals surface area contributed by atoms with Gasteiger partial charge in [-0.15, -0.1) is 0 Å². The van der Waals surface area contributed by atoms with Gasteiger partial charge in [0.15, 0.2) is 5.71 Å². The first-order valence-corrected chi connectivity index (χ1v) is 10.4. The van der Waals surface area contributed by atoms with Gasteiger partial charge in [0.05, 0.1) is 23.9 Å². The zero-order valence-electron chi connectivity index (χ0n) is 18.6. The maximum absolute atomic E-state index is 12.8. The number of rotatable bonds is 6. The van der Waals surface area contributed by atoms with E-state index in [9.17, 15) is 9.59 Å². The summed E-state index contributed by atoms with van der Waals surface area (Å²) in [4.78, 5) is 29.3. The summed E-state index contributed by atoms with van der Waals surface area (Å²) in [6.45, 7) is 1.65. The number of benzene rings is 3. The molecule has 34 heavy (non-hydrogen) atoms. The van der Waals surface area contributed by atoms with Crippen molar-refractivity contribution in [3.63, 3.8) is 0 Å².